The van der Waals surface area contributed by atoms with Gasteiger partial charge in [0.05, 0.1) is 24.8 Å². The van der Waals surface area contributed by atoms with E-state index < -0.39 is 61.0 Å². The van der Waals surface area contributed by atoms with Gasteiger partial charge in [0.2, 0.25) is 5.95 Å². The molecule has 17 heteroatoms. The van der Waals surface area contributed by atoms with Crippen LogP contribution in [0.1, 0.15) is 24.2 Å². The topological polar surface area (TPSA) is 212 Å². The number of aromatic nitrogens is 2. The van der Waals surface area contributed by atoms with Crippen molar-refractivity contribution in [3.05, 3.63) is 54.1 Å². The molecule has 16 nitrogen and oxygen atoms in total. The molecule has 1 fully saturated rings. The van der Waals surface area contributed by atoms with E-state index >= 15 is 0 Å². The quantitative estimate of drug-likeness (QED) is 0.101. The van der Waals surface area contributed by atoms with Gasteiger partial charge in [-0.3, -0.25) is 35.3 Å². The number of amides is 2. The number of fused-ring (bicyclic) bond motifs is 1. The molecule has 1 aromatic heterocycles. The molecule has 3 aromatic rings. The number of thiocarbonyl (C=S) groups is 1. The van der Waals surface area contributed by atoms with Crippen LogP contribution in [0.4, 0.5) is 5.95 Å². The minimum atomic E-state index is -1.52. The number of aliphatic hydroxyl groups is 2. The minimum absolute atomic E-state index is 0.123. The Bertz CT molecular complexity index is 1560. The van der Waals surface area contributed by atoms with Crippen LogP contribution in [0, 0.1) is 0 Å². The maximum atomic E-state index is 13.0. The van der Waals surface area contributed by atoms with E-state index in [9.17, 15) is 29.4 Å². The lowest BCUT2D eigenvalue weighted by Gasteiger charge is -2.43. The fourth-order valence-electron chi connectivity index (χ4n) is 4.56. The first-order valence-electron chi connectivity index (χ1n) is 13.6. The third kappa shape index (κ3) is 8.21. The van der Waals surface area contributed by atoms with E-state index in [0.717, 1.165) is 13.8 Å². The van der Waals surface area contributed by atoms with Gasteiger partial charge in [0.25, 0.3) is 11.8 Å². The number of esters is 2. The van der Waals surface area contributed by atoms with Gasteiger partial charge in [0.1, 0.15) is 24.5 Å². The second kappa shape index (κ2) is 14.8. The maximum absolute atomic E-state index is 13.0. The first-order valence-corrected chi connectivity index (χ1v) is 14.0. The van der Waals surface area contributed by atoms with Gasteiger partial charge < -0.3 is 39.0 Å². The van der Waals surface area contributed by atoms with Crippen molar-refractivity contribution in [1.82, 2.24) is 25.7 Å². The Labute approximate surface area is 261 Å². The third-order valence-electron chi connectivity index (χ3n) is 6.57. The molecule has 5 atom stereocenters. The zero-order chi connectivity index (χ0) is 32.7. The molecule has 240 valence electrons. The molecule has 1 aliphatic rings. The number of nitrogens with zero attached hydrogens (tertiary/aromatic N) is 2. The Hall–Kier alpha value is -4.84. The Morgan fingerprint density at radius 1 is 1.00 bits per heavy atom. The Balaban J connectivity index is 1.44. The number of hydrazine groups is 1. The molecule has 0 aliphatic carbocycles. The molecule has 0 unspecified atom stereocenters. The summed E-state index contributed by atoms with van der Waals surface area (Å²) in [7, 11) is 1.52. The molecule has 2 amide bonds. The van der Waals surface area contributed by atoms with E-state index in [4.69, 9.17) is 31.2 Å². The summed E-state index contributed by atoms with van der Waals surface area (Å²) in [5, 5.41) is 25.4. The number of carbonyl (C=O) groups excluding carboxylic acids is 4. The lowest BCUT2D eigenvalue weighted by atomic mass is 9.97. The molecule has 1 aliphatic heterocycles. The molecule has 0 radical (unpaired) electrons. The number of imidazole rings is 1. The van der Waals surface area contributed by atoms with Crippen LogP contribution in [0.2, 0.25) is 0 Å². The van der Waals surface area contributed by atoms with Gasteiger partial charge in [0.15, 0.2) is 23.5 Å². The standard InChI is InChI=1S/C28H32N6O10S/c1-14(36)42-23-22(39)20(13-35)44-26(24(23)43-15(2)37)31-28(45)33-32-21(38)12-34-19-7-5-4-6-18(19)29-27(34)30-25(40)16-8-10-17(41-3)11-9-16/h4-11,20,22-24,26,35,39H,12-13H2,1-3H3,(H,32,38)(H,29,30,40)(H2,31,33,45)/t20-,22+,23+,24-,26-/m1/s1. The van der Waals surface area contributed by atoms with Crippen LogP contribution in [-0.4, -0.2) is 93.0 Å². The molecule has 0 saturated carbocycles. The molecule has 4 rings (SSSR count). The number of ether oxygens (including phenoxy) is 4. The molecule has 0 bridgehead atoms. The number of hydrogen-bond acceptors (Lipinski definition) is 12. The molecular formula is C28H32N6O10S. The SMILES string of the molecule is COc1ccc(C(=O)Nc2nc3ccccc3n2CC(=O)NNC(=S)N[C@@H]2O[C@H](CO)[C@H](O)[C@H](OC(C)=O)[C@H]2OC(C)=O)cc1. The minimum Gasteiger partial charge on any atom is -0.497 e. The molecule has 0 spiro atoms. The van der Waals surface area contributed by atoms with Gasteiger partial charge in [-0.15, -0.1) is 0 Å². The monoisotopic (exact) mass is 644 g/mol. The molecule has 2 aromatic carbocycles. The van der Waals surface area contributed by atoms with Gasteiger partial charge >= 0.3 is 11.9 Å². The van der Waals surface area contributed by atoms with Crippen molar-refractivity contribution in [2.75, 3.05) is 19.0 Å². The summed E-state index contributed by atoms with van der Waals surface area (Å²) >= 11 is 5.26. The van der Waals surface area contributed by atoms with E-state index in [2.05, 4.69) is 26.5 Å². The Morgan fingerprint density at radius 2 is 1.67 bits per heavy atom. The summed E-state index contributed by atoms with van der Waals surface area (Å²) in [5.74, 6) is -1.87. The number of aliphatic hydroxyl groups excluding tert-OH is 2. The molecule has 45 heavy (non-hydrogen) atoms. The lowest BCUT2D eigenvalue weighted by Crippen LogP contribution is -2.66. The van der Waals surface area contributed by atoms with E-state index in [1.165, 1.54) is 11.7 Å². The van der Waals surface area contributed by atoms with Crippen molar-refractivity contribution in [1.29, 1.82) is 0 Å². The van der Waals surface area contributed by atoms with Crippen molar-refractivity contribution in [2.45, 2.75) is 51.0 Å². The molecular weight excluding hydrogens is 612 g/mol. The first-order chi connectivity index (χ1) is 21.5. The van der Waals surface area contributed by atoms with E-state index in [-0.39, 0.29) is 17.6 Å². The van der Waals surface area contributed by atoms with Crippen LogP contribution in [-0.2, 0) is 35.1 Å². The van der Waals surface area contributed by atoms with Crippen LogP contribution in [0.25, 0.3) is 11.0 Å². The molecule has 1 saturated heterocycles. The number of benzene rings is 2. The van der Waals surface area contributed by atoms with E-state index in [1.807, 2.05) is 0 Å². The van der Waals surface area contributed by atoms with Gasteiger partial charge in [0, 0.05) is 19.4 Å². The highest BCUT2D eigenvalue weighted by Gasteiger charge is 2.49. The smallest absolute Gasteiger partial charge is 0.303 e. The van der Waals surface area contributed by atoms with Crippen LogP contribution in [0.5, 0.6) is 5.75 Å². The van der Waals surface area contributed by atoms with Gasteiger partial charge in [-0.1, -0.05) is 12.1 Å². The van der Waals surface area contributed by atoms with Crippen molar-refractivity contribution < 1.29 is 48.3 Å². The number of nitrogens with one attached hydrogen (secondary N) is 4. The average Bonchev–Trinajstić information content (AvgIpc) is 3.35. The first kappa shape index (κ1) is 33.1. The highest BCUT2D eigenvalue weighted by atomic mass is 32.1. The maximum Gasteiger partial charge on any atom is 0.303 e. The summed E-state index contributed by atoms with van der Waals surface area (Å²) < 4.78 is 22.6. The highest BCUT2D eigenvalue weighted by Crippen LogP contribution is 2.25. The summed E-state index contributed by atoms with van der Waals surface area (Å²) in [6, 6.07) is 13.5. The van der Waals surface area contributed by atoms with Crippen molar-refractivity contribution in [3.8, 4) is 5.75 Å². The van der Waals surface area contributed by atoms with E-state index in [0.29, 0.717) is 22.3 Å². The lowest BCUT2D eigenvalue weighted by molar-refractivity contribution is -0.248. The fraction of sp³-hybridized carbons (Fsp3) is 0.357. The van der Waals surface area contributed by atoms with Crippen LogP contribution < -0.4 is 26.2 Å². The summed E-state index contributed by atoms with van der Waals surface area (Å²) in [6.07, 6.45) is -6.81. The van der Waals surface area contributed by atoms with Crippen molar-refractivity contribution in [2.24, 2.45) is 0 Å². The molecule has 2 heterocycles. The number of carbonyl (C=O) groups is 4. The Kier molecular flexibility index (Phi) is 10.8. The normalized spacial score (nSPS) is 20.9. The summed E-state index contributed by atoms with van der Waals surface area (Å²) in [6.45, 7) is 1.26. The summed E-state index contributed by atoms with van der Waals surface area (Å²) in [4.78, 5) is 53.8. The number of rotatable bonds is 9. The predicted molar refractivity (Wildman–Crippen MR) is 161 cm³/mol. The van der Waals surface area contributed by atoms with Crippen molar-refractivity contribution in [3.63, 3.8) is 0 Å². The zero-order valence-corrected chi connectivity index (χ0v) is 25.2. The van der Waals surface area contributed by atoms with Gasteiger partial charge in [-0.05, 0) is 48.6 Å². The van der Waals surface area contributed by atoms with Gasteiger partial charge in [-0.2, -0.15) is 0 Å². The largest absolute Gasteiger partial charge is 0.497 e. The van der Waals surface area contributed by atoms with E-state index in [1.54, 1.807) is 48.5 Å². The van der Waals surface area contributed by atoms with Gasteiger partial charge in [-0.25, -0.2) is 4.98 Å². The zero-order valence-electron chi connectivity index (χ0n) is 24.4. The Morgan fingerprint density at radius 3 is 2.31 bits per heavy atom. The molecule has 6 N–H and O–H groups in total. The second-order valence-corrected chi connectivity index (χ2v) is 10.2. The fourth-order valence-corrected chi connectivity index (χ4v) is 4.73. The number of hydrogen-bond donors (Lipinski definition) is 6. The van der Waals surface area contributed by atoms with Crippen LogP contribution in [0.15, 0.2) is 48.5 Å². The number of para-hydroxylation sites is 2. The second-order valence-electron chi connectivity index (χ2n) is 9.76. The predicted octanol–water partition coefficient (Wildman–Crippen LogP) is -0.266. The average molecular weight is 645 g/mol. The number of methoxy groups -OCH3 is 1. The number of anilines is 1. The highest BCUT2D eigenvalue weighted by molar-refractivity contribution is 7.80. The van der Waals surface area contributed by atoms with Crippen molar-refractivity contribution >= 4 is 58.1 Å². The summed E-state index contributed by atoms with van der Waals surface area (Å²) in [5.41, 5.74) is 6.37. The van der Waals surface area contributed by atoms with Crippen LogP contribution >= 0.6 is 12.2 Å². The van der Waals surface area contributed by atoms with Crippen LogP contribution in [0.3, 0.4) is 0 Å². The third-order valence-corrected chi connectivity index (χ3v) is 6.79.